The van der Waals surface area contributed by atoms with Gasteiger partial charge < -0.3 is 20.4 Å². The lowest BCUT2D eigenvalue weighted by Gasteiger charge is -2.41. The van der Waals surface area contributed by atoms with Crippen molar-refractivity contribution in [2.24, 2.45) is 17.8 Å². The van der Waals surface area contributed by atoms with Crippen molar-refractivity contribution in [3.63, 3.8) is 0 Å². The van der Waals surface area contributed by atoms with Gasteiger partial charge in [-0.1, -0.05) is 13.8 Å². The lowest BCUT2D eigenvalue weighted by Crippen LogP contribution is -2.56. The zero-order valence-electron chi connectivity index (χ0n) is 8.16. The molecule has 0 saturated heterocycles. The van der Waals surface area contributed by atoms with Gasteiger partial charge in [-0.25, -0.2) is 0 Å². The number of carbonyl (C=O) groups is 1. The van der Waals surface area contributed by atoms with E-state index in [1.54, 1.807) is 13.8 Å². The van der Waals surface area contributed by atoms with Gasteiger partial charge in [0, 0.05) is 0 Å². The molecule has 1 aliphatic rings. The van der Waals surface area contributed by atoms with Gasteiger partial charge in [0.2, 0.25) is 0 Å². The summed E-state index contributed by atoms with van der Waals surface area (Å²) in [4.78, 5) is 10.9. The summed E-state index contributed by atoms with van der Waals surface area (Å²) >= 11 is 0. The molecule has 0 spiro atoms. The van der Waals surface area contributed by atoms with Crippen molar-refractivity contribution in [3.05, 3.63) is 0 Å². The molecular formula is C9H16O5. The Morgan fingerprint density at radius 3 is 1.57 bits per heavy atom. The molecule has 0 heterocycles. The van der Waals surface area contributed by atoms with Crippen LogP contribution >= 0.6 is 0 Å². The zero-order chi connectivity index (χ0) is 11.0. The van der Waals surface area contributed by atoms with Crippen molar-refractivity contribution in [1.29, 1.82) is 0 Å². The van der Waals surface area contributed by atoms with Gasteiger partial charge in [-0.2, -0.15) is 0 Å². The SMILES string of the molecule is C[C@@H]1[C@H](O)[C@H](O)[C@H](O)[C@H](C)[C@@H]1C(=O)O. The Morgan fingerprint density at radius 1 is 0.929 bits per heavy atom. The summed E-state index contributed by atoms with van der Waals surface area (Å²) in [7, 11) is 0. The van der Waals surface area contributed by atoms with E-state index < -0.39 is 42.0 Å². The van der Waals surface area contributed by atoms with E-state index in [4.69, 9.17) is 5.11 Å². The van der Waals surface area contributed by atoms with E-state index >= 15 is 0 Å². The Morgan fingerprint density at radius 2 is 1.29 bits per heavy atom. The molecule has 6 atom stereocenters. The minimum atomic E-state index is -1.25. The highest BCUT2D eigenvalue weighted by Gasteiger charge is 2.48. The Labute approximate surface area is 82.0 Å². The third-order valence-corrected chi connectivity index (χ3v) is 3.20. The molecule has 1 aliphatic carbocycles. The molecule has 0 amide bonds. The molecule has 1 fully saturated rings. The van der Waals surface area contributed by atoms with E-state index in [2.05, 4.69) is 0 Å². The second kappa shape index (κ2) is 3.84. The Hall–Kier alpha value is -0.650. The predicted molar refractivity (Wildman–Crippen MR) is 47.5 cm³/mol. The number of rotatable bonds is 1. The number of carboxylic acid groups (broad SMARTS) is 1. The summed E-state index contributed by atoms with van der Waals surface area (Å²) in [6.45, 7) is 3.13. The van der Waals surface area contributed by atoms with E-state index in [-0.39, 0.29) is 0 Å². The van der Waals surface area contributed by atoms with Crippen molar-refractivity contribution in [1.82, 2.24) is 0 Å². The number of hydrogen-bond donors (Lipinski definition) is 4. The van der Waals surface area contributed by atoms with E-state index in [1.807, 2.05) is 0 Å². The minimum Gasteiger partial charge on any atom is -0.481 e. The van der Waals surface area contributed by atoms with E-state index in [0.29, 0.717) is 0 Å². The first-order valence-electron chi connectivity index (χ1n) is 4.65. The number of hydrogen-bond acceptors (Lipinski definition) is 4. The van der Waals surface area contributed by atoms with Gasteiger partial charge in [0.25, 0.3) is 0 Å². The summed E-state index contributed by atoms with van der Waals surface area (Å²) in [5.41, 5.74) is 0. The second-order valence-corrected chi connectivity index (χ2v) is 4.05. The molecule has 82 valence electrons. The van der Waals surface area contributed by atoms with Crippen LogP contribution in [0.3, 0.4) is 0 Å². The quantitative estimate of drug-likeness (QED) is 0.441. The van der Waals surface area contributed by atoms with Crippen LogP contribution in [-0.4, -0.2) is 44.7 Å². The largest absolute Gasteiger partial charge is 0.481 e. The molecule has 1 rings (SSSR count). The topological polar surface area (TPSA) is 98.0 Å². The van der Waals surface area contributed by atoms with Gasteiger partial charge in [-0.15, -0.1) is 0 Å². The van der Waals surface area contributed by atoms with Crippen LogP contribution in [0.5, 0.6) is 0 Å². The number of aliphatic carboxylic acids is 1. The Balaban J connectivity index is 2.92. The van der Waals surface area contributed by atoms with Crippen molar-refractivity contribution in [2.45, 2.75) is 32.2 Å². The van der Waals surface area contributed by atoms with Gasteiger partial charge in [0.1, 0.15) is 6.10 Å². The van der Waals surface area contributed by atoms with E-state index in [0.717, 1.165) is 0 Å². The van der Waals surface area contributed by atoms with E-state index in [9.17, 15) is 20.1 Å². The smallest absolute Gasteiger partial charge is 0.307 e. The molecule has 0 aromatic heterocycles. The fourth-order valence-electron chi connectivity index (χ4n) is 2.18. The number of aliphatic hydroxyl groups excluding tert-OH is 3. The minimum absolute atomic E-state index is 0.555. The molecule has 0 aromatic rings. The summed E-state index contributed by atoms with van der Waals surface area (Å²) in [5.74, 6) is -2.97. The third-order valence-electron chi connectivity index (χ3n) is 3.20. The fraction of sp³-hybridized carbons (Fsp3) is 0.889. The highest BCUT2D eigenvalue weighted by molar-refractivity contribution is 5.71. The molecule has 5 heteroatoms. The van der Waals surface area contributed by atoms with Gasteiger partial charge in [-0.05, 0) is 11.8 Å². The average Bonchev–Trinajstić information content (AvgIpc) is 2.11. The van der Waals surface area contributed by atoms with Crippen molar-refractivity contribution >= 4 is 5.97 Å². The highest BCUT2D eigenvalue weighted by atomic mass is 16.4. The lowest BCUT2D eigenvalue weighted by atomic mass is 9.69. The molecule has 0 bridgehead atoms. The van der Waals surface area contributed by atoms with Crippen LogP contribution in [-0.2, 0) is 4.79 Å². The summed E-state index contributed by atoms with van der Waals surface area (Å²) in [6.07, 6.45) is -3.61. The summed E-state index contributed by atoms with van der Waals surface area (Å²) in [5, 5.41) is 37.3. The Kier molecular flexibility index (Phi) is 3.14. The normalized spacial score (nSPS) is 48.9. The lowest BCUT2D eigenvalue weighted by molar-refractivity contribution is -0.175. The predicted octanol–water partition coefficient (Wildman–Crippen LogP) is -0.944. The third kappa shape index (κ3) is 1.63. The van der Waals surface area contributed by atoms with Crippen LogP contribution in [0.25, 0.3) is 0 Å². The summed E-state index contributed by atoms with van der Waals surface area (Å²) in [6, 6.07) is 0. The molecule has 14 heavy (non-hydrogen) atoms. The molecule has 0 radical (unpaired) electrons. The molecule has 4 N–H and O–H groups in total. The molecule has 5 nitrogen and oxygen atoms in total. The second-order valence-electron chi connectivity index (χ2n) is 4.05. The van der Waals surface area contributed by atoms with Crippen LogP contribution in [0.2, 0.25) is 0 Å². The van der Waals surface area contributed by atoms with Crippen LogP contribution in [0.15, 0.2) is 0 Å². The first-order chi connectivity index (χ1) is 6.37. The van der Waals surface area contributed by atoms with Crippen molar-refractivity contribution in [2.75, 3.05) is 0 Å². The van der Waals surface area contributed by atoms with Gasteiger partial charge in [0.15, 0.2) is 0 Å². The van der Waals surface area contributed by atoms with Gasteiger partial charge in [0.05, 0.1) is 18.1 Å². The first-order valence-corrected chi connectivity index (χ1v) is 4.65. The van der Waals surface area contributed by atoms with Crippen LogP contribution in [0.1, 0.15) is 13.8 Å². The molecule has 1 saturated carbocycles. The molecule has 0 aliphatic heterocycles. The maximum absolute atomic E-state index is 10.9. The standard InChI is InChI=1S/C9H16O5/c1-3-5(9(13)14)4(2)7(11)8(12)6(3)10/h3-8,10-12H,1-2H3,(H,13,14)/t3-,4+,5+,6-,7+,8-. The van der Waals surface area contributed by atoms with Gasteiger partial charge in [-0.3, -0.25) is 4.79 Å². The highest BCUT2D eigenvalue weighted by Crippen LogP contribution is 2.35. The Bertz CT molecular complexity index is 213. The van der Waals surface area contributed by atoms with E-state index in [1.165, 1.54) is 0 Å². The molecule has 0 unspecified atom stereocenters. The van der Waals surface area contributed by atoms with Crippen molar-refractivity contribution in [3.8, 4) is 0 Å². The monoisotopic (exact) mass is 204 g/mol. The maximum Gasteiger partial charge on any atom is 0.307 e. The van der Waals surface area contributed by atoms with Crippen LogP contribution < -0.4 is 0 Å². The summed E-state index contributed by atoms with van der Waals surface area (Å²) < 4.78 is 0. The van der Waals surface area contributed by atoms with Gasteiger partial charge >= 0.3 is 5.97 Å². The maximum atomic E-state index is 10.9. The average molecular weight is 204 g/mol. The fourth-order valence-corrected chi connectivity index (χ4v) is 2.18. The molecule has 0 aromatic carbocycles. The zero-order valence-corrected chi connectivity index (χ0v) is 8.16. The van der Waals surface area contributed by atoms with Crippen LogP contribution in [0, 0.1) is 17.8 Å². The first kappa shape index (κ1) is 11.4. The van der Waals surface area contributed by atoms with Crippen LogP contribution in [0.4, 0.5) is 0 Å². The number of aliphatic hydroxyl groups is 3. The molecular weight excluding hydrogens is 188 g/mol. The van der Waals surface area contributed by atoms with Crippen molar-refractivity contribution < 1.29 is 25.2 Å². The number of carboxylic acids is 1.